The van der Waals surface area contributed by atoms with Gasteiger partial charge in [-0.25, -0.2) is 8.42 Å². The van der Waals surface area contributed by atoms with Gasteiger partial charge >= 0.3 is 0 Å². The molecule has 10 heteroatoms. The molecule has 0 saturated heterocycles. The van der Waals surface area contributed by atoms with Crippen molar-refractivity contribution in [2.75, 3.05) is 24.2 Å². The Morgan fingerprint density at radius 1 is 0.955 bits per heavy atom. The van der Waals surface area contributed by atoms with E-state index in [2.05, 4.69) is 5.32 Å². The van der Waals surface area contributed by atoms with Crippen LogP contribution in [0.5, 0.6) is 5.75 Å². The Morgan fingerprint density at radius 3 is 2.30 bits per heavy atom. The van der Waals surface area contributed by atoms with Crippen molar-refractivity contribution in [3.05, 3.63) is 95.0 Å². The van der Waals surface area contributed by atoms with E-state index >= 15 is 0 Å². The fourth-order valence-electron chi connectivity index (χ4n) is 5.68. The first kappa shape index (κ1) is 33.3. The van der Waals surface area contributed by atoms with Crippen molar-refractivity contribution >= 4 is 39.1 Å². The third-order valence-electron chi connectivity index (χ3n) is 7.98. The largest absolute Gasteiger partial charge is 0.497 e. The highest BCUT2D eigenvalue weighted by molar-refractivity contribution is 7.92. The van der Waals surface area contributed by atoms with E-state index in [0.717, 1.165) is 43.1 Å². The molecule has 44 heavy (non-hydrogen) atoms. The van der Waals surface area contributed by atoms with Gasteiger partial charge in [-0.3, -0.25) is 13.9 Å². The van der Waals surface area contributed by atoms with Gasteiger partial charge in [-0.2, -0.15) is 0 Å². The fourth-order valence-corrected chi connectivity index (χ4v) is 6.77. The van der Waals surface area contributed by atoms with Gasteiger partial charge in [0.2, 0.25) is 21.8 Å². The zero-order valence-electron chi connectivity index (χ0n) is 25.5. The van der Waals surface area contributed by atoms with Crippen molar-refractivity contribution in [3.8, 4) is 5.75 Å². The Labute approximate surface area is 266 Å². The van der Waals surface area contributed by atoms with Gasteiger partial charge in [-0.15, -0.1) is 0 Å². The summed E-state index contributed by atoms with van der Waals surface area (Å²) in [4.78, 5) is 29.7. The van der Waals surface area contributed by atoms with Crippen LogP contribution in [0.4, 0.5) is 5.69 Å². The fraction of sp³-hybridized carbons (Fsp3) is 0.412. The van der Waals surface area contributed by atoms with E-state index in [1.165, 1.54) is 10.7 Å². The maximum Gasteiger partial charge on any atom is 0.243 e. The average molecular weight is 640 g/mol. The Bertz CT molecular complexity index is 1480. The van der Waals surface area contributed by atoms with E-state index in [9.17, 15) is 18.0 Å². The number of amides is 2. The van der Waals surface area contributed by atoms with E-state index in [4.69, 9.17) is 16.3 Å². The van der Waals surface area contributed by atoms with E-state index in [0.29, 0.717) is 22.9 Å². The summed E-state index contributed by atoms with van der Waals surface area (Å²) in [5.41, 5.74) is 2.26. The minimum Gasteiger partial charge on any atom is -0.497 e. The van der Waals surface area contributed by atoms with Crippen LogP contribution in [0.3, 0.4) is 0 Å². The molecular weight excluding hydrogens is 598 g/mol. The van der Waals surface area contributed by atoms with E-state index < -0.39 is 16.1 Å². The number of halogens is 1. The summed E-state index contributed by atoms with van der Waals surface area (Å²) in [5.74, 6) is 0.265. The number of carbonyl (C=O) groups is 2. The van der Waals surface area contributed by atoms with Gasteiger partial charge in [0.15, 0.2) is 0 Å². The number of methoxy groups -OCH3 is 1. The van der Waals surface area contributed by atoms with Crippen LogP contribution >= 0.6 is 11.6 Å². The summed E-state index contributed by atoms with van der Waals surface area (Å²) in [6.07, 6.45) is 7.01. The summed E-state index contributed by atoms with van der Waals surface area (Å²) >= 11 is 6.01. The molecule has 3 aromatic rings. The standard InChI is InChI=1S/C34H42ClN3O5S/c1-43-31-16-9-13-27(23-31)25-37(33(39)17-10-22-38(44(2,41)42)30-20-18-28(35)19-21-30)32(24-26-11-5-3-6-12-26)34(40)36-29-14-7-4-8-15-29/h3,5-6,9,11-13,16,18-21,23,29,32H,4,7-8,10,14-15,17,22,24-25H2,1-2H3,(H,36,40)/t32-/m0/s1. The molecule has 1 saturated carbocycles. The third-order valence-corrected chi connectivity index (χ3v) is 9.42. The number of ether oxygens (including phenoxy) is 1. The molecule has 1 atom stereocenters. The van der Waals surface area contributed by atoms with Crippen LogP contribution in [0.1, 0.15) is 56.1 Å². The highest BCUT2D eigenvalue weighted by Gasteiger charge is 2.32. The number of anilines is 1. The second-order valence-corrected chi connectivity index (χ2v) is 13.7. The van der Waals surface area contributed by atoms with Gasteiger partial charge in [0.1, 0.15) is 11.8 Å². The lowest BCUT2D eigenvalue weighted by molar-refractivity contribution is -0.141. The zero-order chi connectivity index (χ0) is 31.5. The van der Waals surface area contributed by atoms with Crippen LogP contribution in [0.15, 0.2) is 78.9 Å². The molecule has 1 fully saturated rings. The number of nitrogens with zero attached hydrogens (tertiary/aromatic N) is 2. The third kappa shape index (κ3) is 9.72. The first-order chi connectivity index (χ1) is 21.1. The first-order valence-corrected chi connectivity index (χ1v) is 17.4. The maximum atomic E-state index is 14.1. The van der Waals surface area contributed by atoms with Crippen molar-refractivity contribution in [2.24, 2.45) is 0 Å². The Kier molecular flexibility index (Phi) is 12.1. The highest BCUT2D eigenvalue weighted by atomic mass is 35.5. The van der Waals surface area contributed by atoms with Crippen LogP contribution in [-0.2, 0) is 32.6 Å². The van der Waals surface area contributed by atoms with Crippen molar-refractivity contribution < 1.29 is 22.7 Å². The minimum atomic E-state index is -3.60. The number of benzene rings is 3. The predicted molar refractivity (Wildman–Crippen MR) is 175 cm³/mol. The van der Waals surface area contributed by atoms with Crippen LogP contribution < -0.4 is 14.4 Å². The minimum absolute atomic E-state index is 0.0611. The number of hydrogen-bond donors (Lipinski definition) is 1. The number of hydrogen-bond acceptors (Lipinski definition) is 5. The Balaban J connectivity index is 1.60. The van der Waals surface area contributed by atoms with Crippen molar-refractivity contribution in [2.45, 2.75) is 70.0 Å². The Morgan fingerprint density at radius 2 is 1.64 bits per heavy atom. The van der Waals surface area contributed by atoms with E-state index in [1.807, 2.05) is 54.6 Å². The molecule has 0 spiro atoms. The van der Waals surface area contributed by atoms with Crippen LogP contribution in [-0.4, -0.2) is 57.1 Å². The van der Waals surface area contributed by atoms with E-state index in [1.54, 1.807) is 36.3 Å². The summed E-state index contributed by atoms with van der Waals surface area (Å²) in [7, 11) is -2.02. The molecular formula is C34H42ClN3O5S. The molecule has 0 unspecified atom stereocenters. The molecule has 236 valence electrons. The molecule has 0 bridgehead atoms. The summed E-state index contributed by atoms with van der Waals surface area (Å²) in [6.45, 7) is 0.315. The number of sulfonamides is 1. The van der Waals surface area contributed by atoms with Crippen molar-refractivity contribution in [1.82, 2.24) is 10.2 Å². The lowest BCUT2D eigenvalue weighted by atomic mass is 9.94. The van der Waals surface area contributed by atoms with Gasteiger partial charge in [0, 0.05) is 37.0 Å². The summed E-state index contributed by atoms with van der Waals surface area (Å²) in [6, 6.07) is 23.1. The van der Waals surface area contributed by atoms with Gasteiger partial charge in [0.05, 0.1) is 19.1 Å². The molecule has 1 N–H and O–H groups in total. The monoisotopic (exact) mass is 639 g/mol. The molecule has 1 aliphatic carbocycles. The highest BCUT2D eigenvalue weighted by Crippen LogP contribution is 2.24. The smallest absolute Gasteiger partial charge is 0.243 e. The predicted octanol–water partition coefficient (Wildman–Crippen LogP) is 5.98. The molecule has 0 radical (unpaired) electrons. The quantitative estimate of drug-likeness (QED) is 0.234. The SMILES string of the molecule is COc1cccc(CN(C(=O)CCCN(c2ccc(Cl)cc2)S(C)(=O)=O)[C@@H](Cc2ccccc2)C(=O)NC2CCCCC2)c1. The second kappa shape index (κ2) is 16.0. The first-order valence-electron chi connectivity index (χ1n) is 15.1. The van der Waals surface area contributed by atoms with E-state index in [-0.39, 0.29) is 43.8 Å². The molecule has 1 aliphatic rings. The van der Waals surface area contributed by atoms with Crippen molar-refractivity contribution in [3.63, 3.8) is 0 Å². The lowest BCUT2D eigenvalue weighted by Gasteiger charge is -2.34. The van der Waals surface area contributed by atoms with Gasteiger partial charge in [-0.05, 0) is 66.8 Å². The molecule has 2 amide bonds. The molecule has 4 rings (SSSR count). The molecule has 0 aromatic heterocycles. The Hall–Kier alpha value is -3.56. The topological polar surface area (TPSA) is 96.0 Å². The molecule has 8 nitrogen and oxygen atoms in total. The van der Waals surface area contributed by atoms with Gasteiger partial charge in [-0.1, -0.05) is 73.3 Å². The average Bonchev–Trinajstić information content (AvgIpc) is 3.02. The van der Waals surface area contributed by atoms with Crippen LogP contribution in [0.2, 0.25) is 5.02 Å². The van der Waals surface area contributed by atoms with Crippen LogP contribution in [0.25, 0.3) is 0 Å². The number of carbonyl (C=O) groups excluding carboxylic acids is 2. The second-order valence-electron chi connectivity index (χ2n) is 11.3. The van der Waals surface area contributed by atoms with Gasteiger partial charge < -0.3 is 15.0 Å². The summed E-state index contributed by atoms with van der Waals surface area (Å²) < 4.78 is 32.0. The molecule has 0 heterocycles. The van der Waals surface area contributed by atoms with Crippen LogP contribution in [0, 0.1) is 0 Å². The maximum absolute atomic E-state index is 14.1. The normalized spacial score (nSPS) is 14.4. The number of nitrogens with one attached hydrogen (secondary N) is 1. The zero-order valence-corrected chi connectivity index (χ0v) is 27.0. The molecule has 3 aromatic carbocycles. The van der Waals surface area contributed by atoms with Crippen molar-refractivity contribution in [1.29, 1.82) is 0 Å². The molecule has 0 aliphatic heterocycles. The lowest BCUT2D eigenvalue weighted by Crippen LogP contribution is -2.52. The number of rotatable bonds is 14. The summed E-state index contributed by atoms with van der Waals surface area (Å²) in [5, 5.41) is 3.75. The van der Waals surface area contributed by atoms with Gasteiger partial charge in [0.25, 0.3) is 0 Å².